The molecular weight excluding hydrogens is 355 g/mol. The highest BCUT2D eigenvalue weighted by atomic mass is 79.9. The van der Waals surface area contributed by atoms with Crippen molar-refractivity contribution in [2.24, 2.45) is 11.7 Å². The quantitative estimate of drug-likeness (QED) is 0.790. The predicted octanol–water partition coefficient (Wildman–Crippen LogP) is 4.02. The number of nitrogen functional groups attached to an aromatic ring is 1. The van der Waals surface area contributed by atoms with Gasteiger partial charge in [-0.05, 0) is 46.0 Å². The van der Waals surface area contributed by atoms with Crippen LogP contribution >= 0.6 is 44.3 Å². The third kappa shape index (κ3) is 3.36. The molecule has 2 nitrogen and oxygen atoms in total. The van der Waals surface area contributed by atoms with E-state index in [-0.39, 0.29) is 18.4 Å². The lowest BCUT2D eigenvalue weighted by molar-refractivity contribution is 0.598. The molecule has 0 heterocycles. The Morgan fingerprint density at radius 1 is 1.31 bits per heavy atom. The highest BCUT2D eigenvalue weighted by Gasteiger charge is 2.25. The van der Waals surface area contributed by atoms with E-state index in [4.69, 9.17) is 11.5 Å². The van der Waals surface area contributed by atoms with Gasteiger partial charge in [-0.25, -0.2) is 0 Å². The van der Waals surface area contributed by atoms with E-state index in [1.54, 1.807) is 0 Å². The van der Waals surface area contributed by atoms with Crippen LogP contribution in [0.15, 0.2) is 21.1 Å². The highest BCUT2D eigenvalue weighted by Crippen LogP contribution is 2.39. The van der Waals surface area contributed by atoms with Gasteiger partial charge in [0.1, 0.15) is 0 Å². The van der Waals surface area contributed by atoms with Crippen LogP contribution in [0.3, 0.4) is 0 Å². The molecule has 1 aromatic rings. The predicted molar refractivity (Wildman–Crippen MR) is 77.8 cm³/mol. The number of nitrogens with two attached hydrogens (primary N) is 2. The van der Waals surface area contributed by atoms with Gasteiger partial charge in [0.15, 0.2) is 0 Å². The number of hydrogen-bond donors (Lipinski definition) is 2. The number of rotatable bonds is 3. The number of hydrogen-bond acceptors (Lipinski definition) is 2. The average Bonchev–Trinajstić information content (AvgIpc) is 2.94. The molecule has 16 heavy (non-hydrogen) atoms. The molecule has 0 aromatic heterocycles. The summed E-state index contributed by atoms with van der Waals surface area (Å²) in [7, 11) is 0. The summed E-state index contributed by atoms with van der Waals surface area (Å²) in [6.07, 6.45) is 3.69. The molecule has 90 valence electrons. The first kappa shape index (κ1) is 14.3. The third-order valence-corrected chi connectivity index (χ3v) is 3.92. The summed E-state index contributed by atoms with van der Waals surface area (Å²) in [5.41, 5.74) is 14.0. The van der Waals surface area contributed by atoms with E-state index in [1.807, 2.05) is 12.1 Å². The van der Waals surface area contributed by atoms with Crippen molar-refractivity contribution in [3.63, 3.8) is 0 Å². The molecule has 5 heteroatoms. The summed E-state index contributed by atoms with van der Waals surface area (Å²) in [5, 5.41) is 0. The molecule has 1 aliphatic carbocycles. The van der Waals surface area contributed by atoms with Gasteiger partial charge in [0.05, 0.1) is 5.69 Å². The van der Waals surface area contributed by atoms with Crippen molar-refractivity contribution < 1.29 is 0 Å². The van der Waals surface area contributed by atoms with E-state index in [9.17, 15) is 0 Å². The molecule has 0 aliphatic heterocycles. The zero-order valence-corrected chi connectivity index (χ0v) is 12.7. The minimum absolute atomic E-state index is 0. The lowest BCUT2D eigenvalue weighted by Crippen LogP contribution is -2.13. The smallest absolute Gasteiger partial charge is 0.0507 e. The van der Waals surface area contributed by atoms with Crippen molar-refractivity contribution in [2.75, 3.05) is 5.73 Å². The van der Waals surface area contributed by atoms with Gasteiger partial charge in [-0.3, -0.25) is 0 Å². The first-order chi connectivity index (χ1) is 7.08. The van der Waals surface area contributed by atoms with Crippen LogP contribution in [0.25, 0.3) is 0 Å². The Labute approximate surface area is 119 Å². The first-order valence-electron chi connectivity index (χ1n) is 5.08. The van der Waals surface area contributed by atoms with E-state index in [0.717, 1.165) is 32.5 Å². The fraction of sp³-hybridized carbons (Fsp3) is 0.455. The van der Waals surface area contributed by atoms with E-state index >= 15 is 0 Å². The Hall–Kier alpha value is 0.230. The molecule has 0 amide bonds. The van der Waals surface area contributed by atoms with Crippen molar-refractivity contribution in [2.45, 2.75) is 25.3 Å². The average molecular weight is 371 g/mol. The van der Waals surface area contributed by atoms with Crippen LogP contribution in [-0.2, 0) is 0 Å². The van der Waals surface area contributed by atoms with Crippen LogP contribution in [0.4, 0.5) is 5.69 Å². The topological polar surface area (TPSA) is 52.0 Å². The standard InChI is InChI=1S/C11H14Br2N2.ClH/c12-7-4-8(11(15)9(13)5-7)10(14)3-6-1-2-6;/h4-6,10H,1-3,14-15H2;1H/t10-;/m0./s1. The molecule has 4 N–H and O–H groups in total. The van der Waals surface area contributed by atoms with Gasteiger partial charge in [0.25, 0.3) is 0 Å². The molecule has 0 saturated heterocycles. The number of benzene rings is 1. The van der Waals surface area contributed by atoms with Gasteiger partial charge in [-0.2, -0.15) is 0 Å². The Kier molecular flexibility index (Phi) is 5.10. The molecule has 1 saturated carbocycles. The van der Waals surface area contributed by atoms with Crippen LogP contribution < -0.4 is 11.5 Å². The third-order valence-electron chi connectivity index (χ3n) is 2.81. The summed E-state index contributed by atoms with van der Waals surface area (Å²) >= 11 is 6.89. The maximum atomic E-state index is 6.15. The SMILES string of the molecule is Cl.Nc1c(Br)cc(Br)cc1[C@@H](N)CC1CC1. The summed E-state index contributed by atoms with van der Waals surface area (Å²) in [4.78, 5) is 0. The van der Waals surface area contributed by atoms with Gasteiger partial charge < -0.3 is 11.5 Å². The van der Waals surface area contributed by atoms with Crippen molar-refractivity contribution in [1.82, 2.24) is 0 Å². The van der Waals surface area contributed by atoms with Gasteiger partial charge in [-0.15, -0.1) is 12.4 Å². The fourth-order valence-corrected chi connectivity index (χ4v) is 3.01. The molecule has 1 atom stereocenters. The molecule has 2 rings (SSSR count). The van der Waals surface area contributed by atoms with Crippen LogP contribution in [0.5, 0.6) is 0 Å². The maximum absolute atomic E-state index is 6.15. The minimum Gasteiger partial charge on any atom is -0.398 e. The van der Waals surface area contributed by atoms with E-state index in [2.05, 4.69) is 31.9 Å². The Morgan fingerprint density at radius 3 is 2.50 bits per heavy atom. The van der Waals surface area contributed by atoms with Crippen molar-refractivity contribution in [3.05, 3.63) is 26.6 Å². The summed E-state index contributed by atoms with van der Waals surface area (Å²) < 4.78 is 1.93. The zero-order chi connectivity index (χ0) is 11.0. The summed E-state index contributed by atoms with van der Waals surface area (Å²) in [6, 6.07) is 4.03. The lowest BCUT2D eigenvalue weighted by Gasteiger charge is -2.15. The molecule has 1 fully saturated rings. The Balaban J connectivity index is 0.00000128. The Morgan fingerprint density at radius 2 is 1.94 bits per heavy atom. The zero-order valence-electron chi connectivity index (χ0n) is 8.75. The van der Waals surface area contributed by atoms with Crippen molar-refractivity contribution >= 4 is 50.0 Å². The first-order valence-corrected chi connectivity index (χ1v) is 6.66. The van der Waals surface area contributed by atoms with E-state index in [1.165, 1.54) is 12.8 Å². The second-order valence-corrected chi connectivity index (χ2v) is 5.95. The largest absolute Gasteiger partial charge is 0.398 e. The molecular formula is C11H15Br2ClN2. The minimum atomic E-state index is 0. The monoisotopic (exact) mass is 368 g/mol. The van der Waals surface area contributed by atoms with Crippen molar-refractivity contribution in [1.29, 1.82) is 0 Å². The summed E-state index contributed by atoms with van der Waals surface area (Å²) in [6.45, 7) is 0. The maximum Gasteiger partial charge on any atom is 0.0507 e. The van der Waals surface area contributed by atoms with Crippen LogP contribution in [0, 0.1) is 5.92 Å². The van der Waals surface area contributed by atoms with Gasteiger partial charge in [-0.1, -0.05) is 28.8 Å². The molecule has 0 spiro atoms. The molecule has 0 radical (unpaired) electrons. The van der Waals surface area contributed by atoms with Crippen LogP contribution in [-0.4, -0.2) is 0 Å². The normalized spacial score (nSPS) is 16.7. The molecule has 0 bridgehead atoms. The van der Waals surface area contributed by atoms with E-state index < -0.39 is 0 Å². The molecule has 0 unspecified atom stereocenters. The second-order valence-electron chi connectivity index (χ2n) is 4.18. The fourth-order valence-electron chi connectivity index (χ4n) is 1.75. The van der Waals surface area contributed by atoms with Crippen LogP contribution in [0.2, 0.25) is 0 Å². The van der Waals surface area contributed by atoms with Gasteiger partial charge in [0, 0.05) is 15.0 Å². The second kappa shape index (κ2) is 5.71. The van der Waals surface area contributed by atoms with E-state index in [0.29, 0.717) is 0 Å². The Bertz CT molecular complexity index is 380. The molecule has 1 aliphatic rings. The van der Waals surface area contributed by atoms with Gasteiger partial charge >= 0.3 is 0 Å². The molecule has 1 aromatic carbocycles. The van der Waals surface area contributed by atoms with Gasteiger partial charge in [0.2, 0.25) is 0 Å². The highest BCUT2D eigenvalue weighted by molar-refractivity contribution is 9.11. The lowest BCUT2D eigenvalue weighted by atomic mass is 10.0. The van der Waals surface area contributed by atoms with Crippen LogP contribution in [0.1, 0.15) is 30.9 Å². The number of anilines is 1. The number of halogens is 3. The summed E-state index contributed by atoms with van der Waals surface area (Å²) in [5.74, 6) is 0.817. The van der Waals surface area contributed by atoms with Crippen molar-refractivity contribution in [3.8, 4) is 0 Å².